The highest BCUT2D eigenvalue weighted by Gasteiger charge is 2.03. The molecular formula is C20H18N4. The zero-order valence-electron chi connectivity index (χ0n) is 13.4. The van der Waals surface area contributed by atoms with Crippen molar-refractivity contribution in [1.82, 2.24) is 4.98 Å². The van der Waals surface area contributed by atoms with Gasteiger partial charge in [-0.1, -0.05) is 54.6 Å². The van der Waals surface area contributed by atoms with E-state index in [1.54, 1.807) is 13.1 Å². The molecular weight excluding hydrogens is 296 g/mol. The SMILES string of the molecule is CC(=N)c1ccc(-c2ccc(-c3ccc(C(=N)N)cc3)cc2)cn1. The van der Waals surface area contributed by atoms with E-state index in [1.165, 1.54) is 0 Å². The Hall–Kier alpha value is -3.27. The molecule has 4 nitrogen and oxygen atoms in total. The van der Waals surface area contributed by atoms with Crippen LogP contribution in [0.1, 0.15) is 18.2 Å². The molecule has 0 unspecified atom stereocenters. The van der Waals surface area contributed by atoms with Gasteiger partial charge in [-0.05, 0) is 29.7 Å². The van der Waals surface area contributed by atoms with Gasteiger partial charge in [0.25, 0.3) is 0 Å². The summed E-state index contributed by atoms with van der Waals surface area (Å²) in [7, 11) is 0. The van der Waals surface area contributed by atoms with E-state index in [0.717, 1.165) is 27.8 Å². The Labute approximate surface area is 141 Å². The molecule has 0 saturated carbocycles. The van der Waals surface area contributed by atoms with E-state index >= 15 is 0 Å². The molecule has 3 rings (SSSR count). The first-order valence-corrected chi connectivity index (χ1v) is 7.61. The summed E-state index contributed by atoms with van der Waals surface area (Å²) in [4.78, 5) is 4.30. The summed E-state index contributed by atoms with van der Waals surface area (Å²) < 4.78 is 0. The van der Waals surface area contributed by atoms with Crippen LogP contribution in [-0.2, 0) is 0 Å². The number of nitrogens with zero attached hydrogens (tertiary/aromatic N) is 1. The zero-order valence-corrected chi connectivity index (χ0v) is 13.4. The molecule has 4 N–H and O–H groups in total. The highest BCUT2D eigenvalue weighted by molar-refractivity contribution is 5.95. The standard InChI is InChI=1S/C20H18N4/c1-13(21)19-11-10-18(12-24-19)16-4-2-14(3-5-16)15-6-8-17(9-7-15)20(22)23/h2-12,21H,1H3,(H3,22,23). The van der Waals surface area contributed by atoms with Crippen LogP contribution in [0.15, 0.2) is 66.9 Å². The van der Waals surface area contributed by atoms with Crippen LogP contribution >= 0.6 is 0 Å². The van der Waals surface area contributed by atoms with Gasteiger partial charge in [-0.2, -0.15) is 0 Å². The van der Waals surface area contributed by atoms with E-state index in [0.29, 0.717) is 11.4 Å². The number of amidine groups is 1. The van der Waals surface area contributed by atoms with Gasteiger partial charge in [0.05, 0.1) is 11.4 Å². The second-order valence-corrected chi connectivity index (χ2v) is 5.63. The Morgan fingerprint density at radius 3 is 1.62 bits per heavy atom. The lowest BCUT2D eigenvalue weighted by Crippen LogP contribution is -2.10. The van der Waals surface area contributed by atoms with E-state index in [2.05, 4.69) is 29.2 Å². The maximum atomic E-state index is 7.59. The summed E-state index contributed by atoms with van der Waals surface area (Å²) in [5.74, 6) is 0.0769. The fraction of sp³-hybridized carbons (Fsp3) is 0.0500. The molecule has 0 radical (unpaired) electrons. The monoisotopic (exact) mass is 314 g/mol. The third kappa shape index (κ3) is 3.22. The molecule has 0 aliphatic heterocycles. The quantitative estimate of drug-likeness (QED) is 0.500. The topological polar surface area (TPSA) is 86.6 Å². The van der Waals surface area contributed by atoms with Gasteiger partial charge in [-0.15, -0.1) is 0 Å². The first kappa shape index (κ1) is 15.6. The van der Waals surface area contributed by atoms with Crippen molar-refractivity contribution in [3.8, 4) is 22.3 Å². The minimum absolute atomic E-state index is 0.0769. The maximum absolute atomic E-state index is 7.59. The van der Waals surface area contributed by atoms with Crippen molar-refractivity contribution in [1.29, 1.82) is 10.8 Å². The molecule has 4 heteroatoms. The van der Waals surface area contributed by atoms with Crippen LogP contribution in [0.4, 0.5) is 0 Å². The van der Waals surface area contributed by atoms with Crippen molar-refractivity contribution in [2.75, 3.05) is 0 Å². The fourth-order valence-electron chi connectivity index (χ4n) is 2.48. The number of pyridine rings is 1. The molecule has 24 heavy (non-hydrogen) atoms. The summed E-state index contributed by atoms with van der Waals surface area (Å²) in [5, 5.41) is 15.0. The van der Waals surface area contributed by atoms with Crippen LogP contribution < -0.4 is 5.73 Å². The molecule has 0 spiro atoms. The molecule has 0 fully saturated rings. The lowest BCUT2D eigenvalue weighted by atomic mass is 10.00. The molecule has 0 atom stereocenters. The second kappa shape index (κ2) is 6.46. The van der Waals surface area contributed by atoms with Crippen LogP contribution in [0.2, 0.25) is 0 Å². The van der Waals surface area contributed by atoms with Crippen molar-refractivity contribution >= 4 is 11.5 Å². The largest absolute Gasteiger partial charge is 0.384 e. The van der Waals surface area contributed by atoms with Crippen molar-refractivity contribution in [3.63, 3.8) is 0 Å². The van der Waals surface area contributed by atoms with E-state index in [1.807, 2.05) is 36.4 Å². The summed E-state index contributed by atoms with van der Waals surface area (Å²) >= 11 is 0. The normalized spacial score (nSPS) is 10.4. The molecule has 0 bridgehead atoms. The van der Waals surface area contributed by atoms with Gasteiger partial charge in [0.2, 0.25) is 0 Å². The lowest BCUT2D eigenvalue weighted by Gasteiger charge is -2.06. The third-order valence-corrected chi connectivity index (χ3v) is 3.90. The average Bonchev–Trinajstić information content (AvgIpc) is 2.62. The average molecular weight is 314 g/mol. The van der Waals surface area contributed by atoms with Gasteiger partial charge in [0.1, 0.15) is 5.84 Å². The molecule has 118 valence electrons. The zero-order chi connectivity index (χ0) is 17.1. The number of nitrogens with one attached hydrogen (secondary N) is 2. The van der Waals surface area contributed by atoms with Crippen molar-refractivity contribution in [2.24, 2.45) is 5.73 Å². The van der Waals surface area contributed by atoms with Crippen molar-refractivity contribution in [3.05, 3.63) is 78.1 Å². The number of hydrogen-bond donors (Lipinski definition) is 3. The molecule has 1 heterocycles. The van der Waals surface area contributed by atoms with Crippen LogP contribution in [0.3, 0.4) is 0 Å². The first-order chi connectivity index (χ1) is 11.5. The van der Waals surface area contributed by atoms with Gasteiger partial charge in [0.15, 0.2) is 0 Å². The predicted octanol–water partition coefficient (Wildman–Crippen LogP) is 4.09. The number of rotatable bonds is 4. The van der Waals surface area contributed by atoms with Crippen LogP contribution in [-0.4, -0.2) is 16.5 Å². The Morgan fingerprint density at radius 2 is 1.21 bits per heavy atom. The number of aromatic nitrogens is 1. The van der Waals surface area contributed by atoms with E-state index in [-0.39, 0.29) is 5.84 Å². The van der Waals surface area contributed by atoms with Gasteiger partial charge >= 0.3 is 0 Å². The second-order valence-electron chi connectivity index (χ2n) is 5.63. The summed E-state index contributed by atoms with van der Waals surface area (Å²) in [6, 6.07) is 19.7. The molecule has 0 aliphatic carbocycles. The van der Waals surface area contributed by atoms with Crippen LogP contribution in [0.25, 0.3) is 22.3 Å². The Balaban J connectivity index is 1.84. The highest BCUT2D eigenvalue weighted by atomic mass is 14.7. The van der Waals surface area contributed by atoms with E-state index < -0.39 is 0 Å². The maximum Gasteiger partial charge on any atom is 0.122 e. The molecule has 2 aromatic carbocycles. The number of nitrogen functional groups attached to an aromatic ring is 1. The Bertz CT molecular complexity index is 800. The molecule has 0 saturated heterocycles. The van der Waals surface area contributed by atoms with Gasteiger partial charge in [-0.25, -0.2) is 0 Å². The fourth-order valence-corrected chi connectivity index (χ4v) is 2.48. The number of nitrogens with two attached hydrogens (primary N) is 1. The minimum atomic E-state index is 0.0769. The van der Waals surface area contributed by atoms with Crippen LogP contribution in [0, 0.1) is 10.8 Å². The number of benzene rings is 2. The lowest BCUT2D eigenvalue weighted by molar-refractivity contribution is 1.27. The Morgan fingerprint density at radius 1 is 0.750 bits per heavy atom. The summed E-state index contributed by atoms with van der Waals surface area (Å²) in [6.07, 6.45) is 1.80. The summed E-state index contributed by atoms with van der Waals surface area (Å²) in [5.41, 5.74) is 11.7. The Kier molecular flexibility index (Phi) is 4.20. The molecule has 3 aromatic rings. The molecule has 0 aliphatic rings. The van der Waals surface area contributed by atoms with Crippen molar-refractivity contribution in [2.45, 2.75) is 6.92 Å². The van der Waals surface area contributed by atoms with Gasteiger partial charge < -0.3 is 11.1 Å². The third-order valence-electron chi connectivity index (χ3n) is 3.90. The van der Waals surface area contributed by atoms with E-state index in [9.17, 15) is 0 Å². The minimum Gasteiger partial charge on any atom is -0.384 e. The van der Waals surface area contributed by atoms with Crippen molar-refractivity contribution < 1.29 is 0 Å². The van der Waals surface area contributed by atoms with Gasteiger partial charge in [0, 0.05) is 17.3 Å². The molecule has 1 aromatic heterocycles. The van der Waals surface area contributed by atoms with Gasteiger partial charge in [-0.3, -0.25) is 10.4 Å². The number of hydrogen-bond acceptors (Lipinski definition) is 3. The highest BCUT2D eigenvalue weighted by Crippen LogP contribution is 2.25. The van der Waals surface area contributed by atoms with E-state index in [4.69, 9.17) is 16.6 Å². The first-order valence-electron chi connectivity index (χ1n) is 7.61. The van der Waals surface area contributed by atoms with Crippen LogP contribution in [0.5, 0.6) is 0 Å². The molecule has 0 amide bonds. The smallest absolute Gasteiger partial charge is 0.122 e. The predicted molar refractivity (Wildman–Crippen MR) is 98.6 cm³/mol. The summed E-state index contributed by atoms with van der Waals surface area (Å²) in [6.45, 7) is 1.73.